The van der Waals surface area contributed by atoms with Crippen LogP contribution in [0.25, 0.3) is 0 Å². The minimum atomic E-state index is -1.21. The zero-order chi connectivity index (χ0) is 27.3. The molecule has 2 saturated heterocycles. The average Bonchev–Trinajstić information content (AvgIpc) is 3.53. The number of aliphatic imine (C=N–C) groups is 2. The van der Waals surface area contributed by atoms with Crippen LogP contribution in [0.1, 0.15) is 36.0 Å². The van der Waals surface area contributed by atoms with Crippen molar-refractivity contribution in [3.63, 3.8) is 0 Å². The molecule has 3 aliphatic heterocycles. The van der Waals surface area contributed by atoms with Crippen LogP contribution in [0.15, 0.2) is 60.1 Å². The maximum absolute atomic E-state index is 13.0. The molecule has 0 bridgehead atoms. The second-order valence-electron chi connectivity index (χ2n) is 8.83. The molecule has 4 heterocycles. The number of nitrogens with zero attached hydrogens (tertiary/aromatic N) is 8. The molecule has 0 aromatic carbocycles. The molecular weight excluding hydrogens is 520 g/mol. The van der Waals surface area contributed by atoms with E-state index in [0.717, 1.165) is 0 Å². The van der Waals surface area contributed by atoms with Crippen molar-refractivity contribution < 1.29 is 14.4 Å². The summed E-state index contributed by atoms with van der Waals surface area (Å²) in [4.78, 5) is 50.5. The van der Waals surface area contributed by atoms with Gasteiger partial charge in [-0.25, -0.2) is 10.8 Å². The van der Waals surface area contributed by atoms with Crippen LogP contribution in [0, 0.1) is 0 Å². The number of H-pyrrole nitrogens is 1. The largest absolute Gasteiger partial charge is 0.367 e. The fraction of sp³-hybridized carbons (Fsp3) is 0.450. The molecule has 1 aromatic heterocycles. The van der Waals surface area contributed by atoms with Crippen LogP contribution in [-0.2, 0) is 9.59 Å². The number of guanidine groups is 1. The Kier molecular flexibility index (Phi) is 7.96. The molecule has 202 valence electrons. The molecule has 0 aliphatic carbocycles. The summed E-state index contributed by atoms with van der Waals surface area (Å²) in [6, 6.07) is 0.474. The Hall–Kier alpha value is -4.38. The second kappa shape index (κ2) is 11.3. The standard InChI is InChI=1S/C20H27ClN14O3/c21-15-17(31-33-23)27-16(30-32-22)14(26-15)18(38)28-19-29-20(10-35(19)24)4-7-34(8-5-20)13(37)2-1-12(36)11-3-6-25-9-11/h3,6,9,14,25-26H,1-2,4-5,7-8,10,24H2,(H2,23,31)(H2,22,27,30)(H,28,29,38). The SMILES string of the molecule is NN=NC1=NC(N=NN)=C(Cl)NC1C(=O)/N=C1/NC2(CCN(C(=O)CCC(=O)c3cc[nH]c3)CC2)CN1N. The predicted molar refractivity (Wildman–Crippen MR) is 135 cm³/mol. The molecule has 2 amide bonds. The highest BCUT2D eigenvalue weighted by atomic mass is 35.5. The van der Waals surface area contributed by atoms with E-state index in [-0.39, 0.29) is 47.3 Å². The van der Waals surface area contributed by atoms with Crippen LogP contribution in [0.5, 0.6) is 0 Å². The van der Waals surface area contributed by atoms with Crippen LogP contribution in [0.4, 0.5) is 0 Å². The summed E-state index contributed by atoms with van der Waals surface area (Å²) in [6.07, 6.45) is 4.71. The number of nitrogens with one attached hydrogen (secondary N) is 3. The lowest BCUT2D eigenvalue weighted by Gasteiger charge is -2.38. The summed E-state index contributed by atoms with van der Waals surface area (Å²) < 4.78 is 0. The molecule has 9 N–H and O–H groups in total. The average molecular weight is 547 g/mol. The summed E-state index contributed by atoms with van der Waals surface area (Å²) in [5.41, 5.74) is 0.0776. The monoisotopic (exact) mass is 546 g/mol. The van der Waals surface area contributed by atoms with E-state index in [1.807, 2.05) is 0 Å². The number of hydrazine groups is 1. The van der Waals surface area contributed by atoms with Gasteiger partial charge < -0.3 is 32.2 Å². The third kappa shape index (κ3) is 5.78. The molecule has 4 rings (SSSR count). The number of aromatic amines is 1. The van der Waals surface area contributed by atoms with Gasteiger partial charge in [-0.3, -0.25) is 19.4 Å². The molecule has 18 heteroatoms. The van der Waals surface area contributed by atoms with Crippen LogP contribution in [0.3, 0.4) is 0 Å². The Balaban J connectivity index is 1.35. The van der Waals surface area contributed by atoms with Crippen molar-refractivity contribution in [1.29, 1.82) is 0 Å². The van der Waals surface area contributed by atoms with Crippen LogP contribution < -0.4 is 28.2 Å². The number of likely N-dealkylation sites (tertiary alicyclic amines) is 1. The number of hydrogen-bond acceptors (Lipinski definition) is 10. The van der Waals surface area contributed by atoms with Gasteiger partial charge in [-0.15, -0.1) is 10.2 Å². The third-order valence-electron chi connectivity index (χ3n) is 6.40. The number of aromatic nitrogens is 1. The molecule has 1 unspecified atom stereocenters. The maximum Gasteiger partial charge on any atom is 0.279 e. The van der Waals surface area contributed by atoms with Crippen molar-refractivity contribution in [2.45, 2.75) is 37.3 Å². The normalized spacial score (nSPS) is 22.3. The van der Waals surface area contributed by atoms with Gasteiger partial charge in [-0.05, 0) is 18.9 Å². The topological polar surface area (TPSA) is 250 Å². The number of amides is 2. The number of nitrogens with two attached hydrogens (primary N) is 3. The molecule has 2 fully saturated rings. The lowest BCUT2D eigenvalue weighted by Crippen LogP contribution is -2.54. The quantitative estimate of drug-likeness (QED) is 0.0873. The molecular formula is C20H27ClN14O3. The fourth-order valence-electron chi connectivity index (χ4n) is 4.41. The Morgan fingerprint density at radius 2 is 1.89 bits per heavy atom. The number of carbonyl (C=O) groups is 3. The smallest absolute Gasteiger partial charge is 0.279 e. The number of carbonyl (C=O) groups excluding carboxylic acids is 3. The Morgan fingerprint density at radius 3 is 2.55 bits per heavy atom. The molecule has 1 spiro atoms. The minimum Gasteiger partial charge on any atom is -0.367 e. The molecule has 3 aliphatic rings. The first-order valence-corrected chi connectivity index (χ1v) is 12.0. The first-order chi connectivity index (χ1) is 18.2. The van der Waals surface area contributed by atoms with Crippen LogP contribution in [0.2, 0.25) is 0 Å². The zero-order valence-electron chi connectivity index (χ0n) is 20.2. The van der Waals surface area contributed by atoms with E-state index in [1.54, 1.807) is 23.4 Å². The maximum atomic E-state index is 13.0. The molecule has 0 saturated carbocycles. The van der Waals surface area contributed by atoms with Gasteiger partial charge in [0, 0.05) is 43.9 Å². The highest BCUT2D eigenvalue weighted by molar-refractivity contribution is 6.30. The van der Waals surface area contributed by atoms with Gasteiger partial charge in [0.1, 0.15) is 0 Å². The van der Waals surface area contributed by atoms with E-state index in [9.17, 15) is 14.4 Å². The van der Waals surface area contributed by atoms with E-state index in [2.05, 4.69) is 46.3 Å². The molecule has 38 heavy (non-hydrogen) atoms. The van der Waals surface area contributed by atoms with Crippen molar-refractivity contribution in [1.82, 2.24) is 25.5 Å². The molecule has 0 radical (unpaired) electrons. The summed E-state index contributed by atoms with van der Waals surface area (Å²) in [5, 5.41) is 20.6. The van der Waals surface area contributed by atoms with E-state index in [1.165, 1.54) is 5.01 Å². The second-order valence-corrected chi connectivity index (χ2v) is 9.20. The Morgan fingerprint density at radius 1 is 1.16 bits per heavy atom. The lowest BCUT2D eigenvalue weighted by molar-refractivity contribution is -0.132. The molecule has 17 nitrogen and oxygen atoms in total. The van der Waals surface area contributed by atoms with E-state index < -0.39 is 17.5 Å². The summed E-state index contributed by atoms with van der Waals surface area (Å²) in [5.74, 6) is 15.3. The summed E-state index contributed by atoms with van der Waals surface area (Å²) >= 11 is 6.08. The number of Topliss-reactive ketones (excluding diaryl/α,β-unsaturated/α-hetero) is 1. The fourth-order valence-corrected chi connectivity index (χ4v) is 4.60. The number of halogens is 1. The van der Waals surface area contributed by atoms with E-state index in [4.69, 9.17) is 29.1 Å². The Labute approximate surface area is 221 Å². The zero-order valence-corrected chi connectivity index (χ0v) is 20.9. The van der Waals surface area contributed by atoms with Gasteiger partial charge in [0.15, 0.2) is 22.8 Å². The first kappa shape index (κ1) is 26.7. The van der Waals surface area contributed by atoms with Gasteiger partial charge in [0.2, 0.25) is 17.7 Å². The first-order valence-electron chi connectivity index (χ1n) is 11.6. The van der Waals surface area contributed by atoms with Gasteiger partial charge in [0.25, 0.3) is 5.91 Å². The van der Waals surface area contributed by atoms with Gasteiger partial charge >= 0.3 is 0 Å². The van der Waals surface area contributed by atoms with Gasteiger partial charge in [0.05, 0.1) is 12.1 Å². The summed E-state index contributed by atoms with van der Waals surface area (Å²) in [7, 11) is 0. The van der Waals surface area contributed by atoms with E-state index >= 15 is 0 Å². The lowest BCUT2D eigenvalue weighted by atomic mass is 9.88. The predicted octanol–water partition coefficient (Wildman–Crippen LogP) is -0.612. The van der Waals surface area contributed by atoms with Crippen LogP contribution in [-0.4, -0.2) is 75.5 Å². The number of amidine groups is 1. The van der Waals surface area contributed by atoms with Crippen molar-refractivity contribution in [3.8, 4) is 0 Å². The van der Waals surface area contributed by atoms with E-state index in [0.29, 0.717) is 38.0 Å². The third-order valence-corrected chi connectivity index (χ3v) is 6.68. The number of ketones is 1. The van der Waals surface area contributed by atoms with Crippen molar-refractivity contribution in [3.05, 3.63) is 35.0 Å². The minimum absolute atomic E-state index is 0.0831. The van der Waals surface area contributed by atoms with Crippen molar-refractivity contribution in [2.24, 2.45) is 48.2 Å². The summed E-state index contributed by atoms with van der Waals surface area (Å²) in [6.45, 7) is 1.31. The molecule has 1 aromatic rings. The van der Waals surface area contributed by atoms with Crippen LogP contribution >= 0.6 is 11.6 Å². The van der Waals surface area contributed by atoms with Crippen molar-refractivity contribution in [2.75, 3.05) is 19.6 Å². The van der Waals surface area contributed by atoms with Gasteiger partial charge in [-0.1, -0.05) is 22.0 Å². The molecule has 1 atom stereocenters. The Bertz CT molecular complexity index is 1230. The number of hydrogen-bond donors (Lipinski definition) is 6. The highest BCUT2D eigenvalue weighted by Crippen LogP contribution is 2.28. The number of piperidine rings is 1. The van der Waals surface area contributed by atoms with Crippen molar-refractivity contribution >= 4 is 41.0 Å². The number of rotatable bonds is 6. The van der Waals surface area contributed by atoms with Gasteiger partial charge in [-0.2, -0.15) is 4.99 Å². The highest BCUT2D eigenvalue weighted by Gasteiger charge is 2.44.